The van der Waals surface area contributed by atoms with Gasteiger partial charge in [0.15, 0.2) is 0 Å². The van der Waals surface area contributed by atoms with Gasteiger partial charge in [-0.3, -0.25) is 14.4 Å². The van der Waals surface area contributed by atoms with Crippen molar-refractivity contribution < 1.29 is 14.4 Å². The van der Waals surface area contributed by atoms with Gasteiger partial charge in [-0.05, 0) is 38.1 Å². The summed E-state index contributed by atoms with van der Waals surface area (Å²) in [5.74, 6) is -0.690. The smallest absolute Gasteiger partial charge is 0.275 e. The molecule has 8 nitrogen and oxygen atoms in total. The number of primary amides is 1. The highest BCUT2D eigenvalue weighted by Gasteiger charge is 2.28. The van der Waals surface area contributed by atoms with Crippen LogP contribution in [-0.2, 0) is 0 Å². The number of carbonyl (C=O) groups excluding carboxylic acids is 3. The number of rotatable bonds is 5. The zero-order chi connectivity index (χ0) is 22.1. The minimum absolute atomic E-state index is 0.0433. The Bertz CT molecular complexity index is 1140. The lowest BCUT2D eigenvalue weighted by Gasteiger charge is -2.30. The minimum atomic E-state index is -0.575. The van der Waals surface area contributed by atoms with E-state index in [1.807, 2.05) is 18.7 Å². The number of piperidine rings is 1. The average molecular weight is 476 g/mol. The number of nitrogens with two attached hydrogens (primary N) is 1. The molecule has 1 fully saturated rings. The molecule has 3 amide bonds. The van der Waals surface area contributed by atoms with Gasteiger partial charge in [-0.25, -0.2) is 9.97 Å². The van der Waals surface area contributed by atoms with Crippen LogP contribution in [0.4, 0.5) is 5.69 Å². The largest absolute Gasteiger partial charge is 0.365 e. The van der Waals surface area contributed by atoms with Crippen LogP contribution in [0.15, 0.2) is 16.8 Å². The van der Waals surface area contributed by atoms with Gasteiger partial charge >= 0.3 is 0 Å². The number of likely N-dealkylation sites (tertiary alicyclic amines) is 1. The van der Waals surface area contributed by atoms with E-state index in [0.29, 0.717) is 34.2 Å². The fourth-order valence-corrected chi connectivity index (χ4v) is 6.13. The molecule has 4 heterocycles. The monoisotopic (exact) mass is 475 g/mol. The summed E-state index contributed by atoms with van der Waals surface area (Å²) in [5, 5.41) is 7.92. The number of nitrogens with one attached hydrogen (secondary N) is 1. The Balaban J connectivity index is 1.37. The predicted octanol–water partition coefficient (Wildman–Crippen LogP) is 3.65. The molecule has 1 aliphatic rings. The van der Waals surface area contributed by atoms with E-state index in [1.54, 1.807) is 16.8 Å². The molecule has 0 atom stereocenters. The predicted molar refractivity (Wildman–Crippen MR) is 122 cm³/mol. The molecule has 0 aromatic carbocycles. The lowest BCUT2D eigenvalue weighted by Crippen LogP contribution is -2.37. The van der Waals surface area contributed by atoms with E-state index in [-0.39, 0.29) is 17.7 Å². The first kappa shape index (κ1) is 21.6. The molecule has 0 spiro atoms. The summed E-state index contributed by atoms with van der Waals surface area (Å²) in [6, 6.07) is 1.65. The number of nitrogens with zero attached hydrogens (tertiary/aromatic N) is 3. The van der Waals surface area contributed by atoms with E-state index in [4.69, 9.17) is 5.73 Å². The van der Waals surface area contributed by atoms with E-state index in [2.05, 4.69) is 15.3 Å². The number of thiazole rings is 2. The Morgan fingerprint density at radius 3 is 2.52 bits per heavy atom. The summed E-state index contributed by atoms with van der Waals surface area (Å²) in [6.45, 7) is 5.08. The van der Waals surface area contributed by atoms with Crippen molar-refractivity contribution in [3.8, 4) is 0 Å². The second-order valence-corrected chi connectivity index (χ2v) is 10.3. The van der Waals surface area contributed by atoms with Crippen molar-refractivity contribution in [2.75, 3.05) is 18.4 Å². The minimum Gasteiger partial charge on any atom is -0.365 e. The van der Waals surface area contributed by atoms with E-state index >= 15 is 0 Å². The van der Waals surface area contributed by atoms with Gasteiger partial charge in [0.1, 0.15) is 15.4 Å². The third-order valence-electron chi connectivity index (χ3n) is 5.12. The van der Waals surface area contributed by atoms with E-state index < -0.39 is 5.91 Å². The van der Waals surface area contributed by atoms with Crippen molar-refractivity contribution in [3.05, 3.63) is 48.0 Å². The number of carbonyl (C=O) groups is 3. The Labute approximate surface area is 191 Å². The topological polar surface area (TPSA) is 118 Å². The fourth-order valence-electron chi connectivity index (χ4n) is 3.57. The number of aryl methyl sites for hydroxylation is 2. The molecule has 0 aliphatic carbocycles. The molecule has 3 N–H and O–H groups in total. The van der Waals surface area contributed by atoms with Gasteiger partial charge < -0.3 is 16.0 Å². The van der Waals surface area contributed by atoms with Crippen molar-refractivity contribution in [2.45, 2.75) is 32.6 Å². The highest BCUT2D eigenvalue weighted by molar-refractivity contribution is 7.13. The first-order valence-electron chi connectivity index (χ1n) is 9.71. The van der Waals surface area contributed by atoms with Crippen LogP contribution in [0.25, 0.3) is 0 Å². The summed E-state index contributed by atoms with van der Waals surface area (Å²) in [7, 11) is 0. The zero-order valence-corrected chi connectivity index (χ0v) is 19.5. The molecule has 0 radical (unpaired) electrons. The van der Waals surface area contributed by atoms with Crippen LogP contribution in [0.3, 0.4) is 0 Å². The quantitative estimate of drug-likeness (QED) is 0.584. The maximum atomic E-state index is 12.8. The van der Waals surface area contributed by atoms with Crippen molar-refractivity contribution in [3.63, 3.8) is 0 Å². The number of amides is 3. The zero-order valence-electron chi connectivity index (χ0n) is 17.0. The molecule has 1 saturated heterocycles. The van der Waals surface area contributed by atoms with Gasteiger partial charge in [0.05, 0.1) is 21.4 Å². The lowest BCUT2D eigenvalue weighted by atomic mass is 9.97. The first-order chi connectivity index (χ1) is 14.8. The molecule has 3 aromatic heterocycles. The van der Waals surface area contributed by atoms with Crippen LogP contribution in [0.2, 0.25) is 0 Å². The van der Waals surface area contributed by atoms with E-state index in [1.165, 1.54) is 34.0 Å². The summed E-state index contributed by atoms with van der Waals surface area (Å²) in [4.78, 5) is 48.5. The van der Waals surface area contributed by atoms with E-state index in [0.717, 1.165) is 28.6 Å². The van der Waals surface area contributed by atoms with Gasteiger partial charge in [-0.15, -0.1) is 34.0 Å². The third kappa shape index (κ3) is 4.53. The normalized spacial score (nSPS) is 14.6. The third-order valence-corrected chi connectivity index (χ3v) is 8.12. The van der Waals surface area contributed by atoms with Gasteiger partial charge in [-0.1, -0.05) is 0 Å². The number of anilines is 1. The Kier molecular flexibility index (Phi) is 6.17. The highest BCUT2D eigenvalue weighted by Crippen LogP contribution is 2.32. The molecule has 162 valence electrons. The van der Waals surface area contributed by atoms with Crippen LogP contribution in [-0.4, -0.2) is 45.7 Å². The number of hydrogen-bond acceptors (Lipinski definition) is 8. The standard InChI is InChI=1S/C20H21N5O3S3/c1-10-15(31-11(2)22-10)20(28)25-6-3-12(4-7-25)19-24-14(9-30-19)18(27)23-13-5-8-29-16(13)17(21)26/h5,8-9,12H,3-4,6-7H2,1-2H3,(H2,21,26)(H,23,27). The number of aromatic nitrogens is 2. The van der Waals surface area contributed by atoms with Crippen molar-refractivity contribution in [2.24, 2.45) is 5.73 Å². The summed E-state index contributed by atoms with van der Waals surface area (Å²) in [5.41, 5.74) is 6.83. The second-order valence-electron chi connectivity index (χ2n) is 7.27. The molecule has 0 saturated carbocycles. The molecular weight excluding hydrogens is 454 g/mol. The average Bonchev–Trinajstić information content (AvgIpc) is 3.47. The molecule has 0 unspecified atom stereocenters. The maximum absolute atomic E-state index is 12.8. The van der Waals surface area contributed by atoms with Crippen LogP contribution < -0.4 is 11.1 Å². The van der Waals surface area contributed by atoms with E-state index in [9.17, 15) is 14.4 Å². The number of thiophene rings is 1. The molecule has 0 bridgehead atoms. The first-order valence-corrected chi connectivity index (χ1v) is 12.3. The summed E-state index contributed by atoms with van der Waals surface area (Å²) < 4.78 is 0. The van der Waals surface area contributed by atoms with Gasteiger partial charge in [0, 0.05) is 24.4 Å². The summed E-state index contributed by atoms with van der Waals surface area (Å²) in [6.07, 6.45) is 1.60. The second kappa shape index (κ2) is 8.85. The fraction of sp³-hybridized carbons (Fsp3) is 0.350. The maximum Gasteiger partial charge on any atom is 0.275 e. The van der Waals surface area contributed by atoms with Gasteiger partial charge in [0.2, 0.25) is 0 Å². The number of hydrogen-bond donors (Lipinski definition) is 2. The molecule has 31 heavy (non-hydrogen) atoms. The molecule has 1 aliphatic heterocycles. The Hall–Kier alpha value is -2.63. The summed E-state index contributed by atoms with van der Waals surface area (Å²) >= 11 is 4.07. The van der Waals surface area contributed by atoms with Gasteiger partial charge in [0.25, 0.3) is 17.7 Å². The van der Waals surface area contributed by atoms with Crippen molar-refractivity contribution >= 4 is 57.4 Å². The Morgan fingerprint density at radius 1 is 1.13 bits per heavy atom. The van der Waals surface area contributed by atoms with Crippen molar-refractivity contribution in [1.29, 1.82) is 0 Å². The molecule has 3 aromatic rings. The lowest BCUT2D eigenvalue weighted by molar-refractivity contribution is 0.0716. The van der Waals surface area contributed by atoms with Crippen LogP contribution in [0.5, 0.6) is 0 Å². The van der Waals surface area contributed by atoms with Crippen LogP contribution >= 0.6 is 34.0 Å². The Morgan fingerprint density at radius 2 is 1.87 bits per heavy atom. The van der Waals surface area contributed by atoms with Crippen molar-refractivity contribution in [1.82, 2.24) is 14.9 Å². The van der Waals surface area contributed by atoms with Crippen LogP contribution in [0.1, 0.15) is 64.3 Å². The molecule has 11 heteroatoms. The van der Waals surface area contributed by atoms with Crippen LogP contribution in [0, 0.1) is 13.8 Å². The van der Waals surface area contributed by atoms with Gasteiger partial charge in [-0.2, -0.15) is 0 Å². The molecule has 4 rings (SSSR count). The highest BCUT2D eigenvalue weighted by atomic mass is 32.1. The molecular formula is C20H21N5O3S3. The SMILES string of the molecule is Cc1nc(C)c(C(=O)N2CCC(c3nc(C(=O)Nc4ccsc4C(N)=O)cs3)CC2)s1.